The quantitative estimate of drug-likeness (QED) is 0.501. The van der Waals surface area contributed by atoms with E-state index in [1.807, 2.05) is 0 Å². The maximum absolute atomic E-state index is 12.4. The summed E-state index contributed by atoms with van der Waals surface area (Å²) in [6.45, 7) is 0. The van der Waals surface area contributed by atoms with E-state index in [2.05, 4.69) is 4.98 Å². The molecule has 1 aromatic rings. The van der Waals surface area contributed by atoms with E-state index in [0.717, 1.165) is 0 Å². The van der Waals surface area contributed by atoms with E-state index in [4.69, 9.17) is 5.73 Å². The molecule has 1 aromatic heterocycles. The van der Waals surface area contributed by atoms with Crippen molar-refractivity contribution >= 4 is 11.5 Å². The van der Waals surface area contributed by atoms with Crippen LogP contribution in [0.25, 0.3) is 0 Å². The molecule has 5 nitrogen and oxygen atoms in total. The summed E-state index contributed by atoms with van der Waals surface area (Å²) in [5.74, 6) is -1.73. The number of nitrogens with two attached hydrogens (primary N) is 1. The van der Waals surface area contributed by atoms with Gasteiger partial charge in [-0.2, -0.15) is 13.2 Å². The second-order valence-corrected chi connectivity index (χ2v) is 2.89. The number of hydrogen-bond donors (Lipinski definition) is 1. The Morgan fingerprint density at radius 3 is 2.29 bits per heavy atom. The summed E-state index contributed by atoms with van der Waals surface area (Å²) >= 11 is 0. The molecule has 0 saturated carbocycles. The molecule has 0 radical (unpaired) electrons. The van der Waals surface area contributed by atoms with Crippen molar-refractivity contribution in [3.05, 3.63) is 27.4 Å². The summed E-state index contributed by atoms with van der Waals surface area (Å²) in [7, 11) is 0. The predicted octanol–water partition coefficient (Wildman–Crippen LogP) is 2.53. The molecule has 0 aliphatic carbocycles. The summed E-state index contributed by atoms with van der Waals surface area (Å²) < 4.78 is 61.6. The third-order valence-electron chi connectivity index (χ3n) is 1.73. The van der Waals surface area contributed by atoms with Crippen LogP contribution in [-0.4, -0.2) is 9.91 Å². The van der Waals surface area contributed by atoms with E-state index in [-0.39, 0.29) is 6.07 Å². The van der Waals surface area contributed by atoms with Gasteiger partial charge in [0.2, 0.25) is 5.69 Å². The minimum absolute atomic E-state index is 0.264. The molecule has 0 saturated heterocycles. The lowest BCUT2D eigenvalue weighted by atomic mass is 10.2. The summed E-state index contributed by atoms with van der Waals surface area (Å²) in [6.07, 6.45) is -8.39. The monoisotopic (exact) mass is 257 g/mol. The van der Waals surface area contributed by atoms with Gasteiger partial charge < -0.3 is 15.8 Å². The first-order valence-electron chi connectivity index (χ1n) is 3.94. The number of rotatable bonds is 2. The van der Waals surface area contributed by atoms with Crippen LogP contribution in [-0.2, 0) is 6.18 Å². The van der Waals surface area contributed by atoms with E-state index >= 15 is 0 Å². The van der Waals surface area contributed by atoms with Crippen LogP contribution in [0.5, 0.6) is 0 Å². The molecule has 0 atom stereocenters. The fourth-order valence-electron chi connectivity index (χ4n) is 1.11. The lowest BCUT2D eigenvalue weighted by molar-refractivity contribution is -0.392. The SMILES string of the molecule is Nc1cc(C(F)F)nc([N+](=O)[O-])c1C(F)(F)F. The first kappa shape index (κ1) is 13.1. The number of nitrogens with zero attached hydrogens (tertiary/aromatic N) is 2. The van der Waals surface area contributed by atoms with Gasteiger partial charge in [-0.1, -0.05) is 0 Å². The molecule has 0 unspecified atom stereocenters. The number of anilines is 1. The van der Waals surface area contributed by atoms with Crippen LogP contribution in [0.3, 0.4) is 0 Å². The maximum atomic E-state index is 12.4. The number of pyridine rings is 1. The Hall–Kier alpha value is -2.00. The summed E-state index contributed by atoms with van der Waals surface area (Å²) in [5, 5.41) is 10.3. The van der Waals surface area contributed by atoms with Gasteiger partial charge in [0.25, 0.3) is 0 Å². The summed E-state index contributed by atoms with van der Waals surface area (Å²) in [5.41, 5.74) is 0.723. The Kier molecular flexibility index (Phi) is 3.16. The zero-order valence-corrected chi connectivity index (χ0v) is 7.83. The van der Waals surface area contributed by atoms with E-state index in [9.17, 15) is 32.1 Å². The van der Waals surface area contributed by atoms with Crippen molar-refractivity contribution in [3.8, 4) is 0 Å². The maximum Gasteiger partial charge on any atom is 0.426 e. The molecule has 1 rings (SSSR count). The van der Waals surface area contributed by atoms with Gasteiger partial charge in [-0.15, -0.1) is 0 Å². The molecule has 10 heteroatoms. The summed E-state index contributed by atoms with van der Waals surface area (Å²) in [4.78, 5) is 11.5. The van der Waals surface area contributed by atoms with E-state index in [0.29, 0.717) is 0 Å². The zero-order valence-electron chi connectivity index (χ0n) is 7.83. The number of nitro groups is 1. The second kappa shape index (κ2) is 4.11. The number of hydrogen-bond acceptors (Lipinski definition) is 4. The molecule has 94 valence electrons. The van der Waals surface area contributed by atoms with Crippen molar-refractivity contribution in [1.82, 2.24) is 4.98 Å². The van der Waals surface area contributed by atoms with Crippen LogP contribution < -0.4 is 5.73 Å². The molecular formula is C7H4F5N3O2. The van der Waals surface area contributed by atoms with Gasteiger partial charge in [0.15, 0.2) is 5.56 Å². The van der Waals surface area contributed by atoms with Gasteiger partial charge in [0.1, 0.15) is 0 Å². The van der Waals surface area contributed by atoms with Crippen molar-refractivity contribution in [1.29, 1.82) is 0 Å². The minimum atomic E-state index is -5.14. The van der Waals surface area contributed by atoms with Crippen LogP contribution in [0.15, 0.2) is 6.07 Å². The first-order chi connectivity index (χ1) is 7.64. The molecule has 0 spiro atoms. The number of halogens is 5. The highest BCUT2D eigenvalue weighted by Crippen LogP contribution is 2.40. The van der Waals surface area contributed by atoms with Gasteiger partial charge in [-0.05, 0) is 9.91 Å². The Labute approximate surface area is 90.2 Å². The predicted molar refractivity (Wildman–Crippen MR) is 45.3 cm³/mol. The molecule has 0 aromatic carbocycles. The first-order valence-corrected chi connectivity index (χ1v) is 3.94. The van der Waals surface area contributed by atoms with Gasteiger partial charge in [0.05, 0.1) is 5.69 Å². The Morgan fingerprint density at radius 2 is 1.94 bits per heavy atom. The highest BCUT2D eigenvalue weighted by atomic mass is 19.4. The number of alkyl halides is 5. The fraction of sp³-hybridized carbons (Fsp3) is 0.286. The van der Waals surface area contributed by atoms with Gasteiger partial charge >= 0.3 is 18.4 Å². The molecule has 0 fully saturated rings. The normalized spacial score (nSPS) is 11.9. The molecule has 17 heavy (non-hydrogen) atoms. The van der Waals surface area contributed by atoms with Crippen molar-refractivity contribution in [3.63, 3.8) is 0 Å². The molecule has 0 amide bonds. The average Bonchev–Trinajstić information content (AvgIpc) is 2.13. The molecule has 1 heterocycles. The van der Waals surface area contributed by atoms with E-state index in [1.54, 1.807) is 0 Å². The number of nitrogen functional groups attached to an aromatic ring is 1. The van der Waals surface area contributed by atoms with Crippen molar-refractivity contribution in [2.75, 3.05) is 5.73 Å². The largest absolute Gasteiger partial charge is 0.426 e. The van der Waals surface area contributed by atoms with Crippen LogP contribution >= 0.6 is 0 Å². The zero-order chi connectivity index (χ0) is 13.4. The van der Waals surface area contributed by atoms with Crippen LogP contribution in [0.4, 0.5) is 33.5 Å². The average molecular weight is 257 g/mol. The minimum Gasteiger partial charge on any atom is -0.398 e. The van der Waals surface area contributed by atoms with Crippen molar-refractivity contribution in [2.45, 2.75) is 12.6 Å². The van der Waals surface area contributed by atoms with Gasteiger partial charge in [-0.25, -0.2) is 8.78 Å². The van der Waals surface area contributed by atoms with Crippen LogP contribution in [0, 0.1) is 10.1 Å². The molecule has 2 N–H and O–H groups in total. The number of aromatic nitrogens is 1. The highest BCUT2D eigenvalue weighted by molar-refractivity contribution is 5.57. The van der Waals surface area contributed by atoms with Crippen molar-refractivity contribution in [2.24, 2.45) is 0 Å². The molecule has 0 aliphatic rings. The van der Waals surface area contributed by atoms with Crippen molar-refractivity contribution < 1.29 is 26.9 Å². The highest BCUT2D eigenvalue weighted by Gasteiger charge is 2.43. The lowest BCUT2D eigenvalue weighted by Gasteiger charge is -2.10. The molecular weight excluding hydrogens is 253 g/mol. The third kappa shape index (κ3) is 2.57. The molecule has 0 aliphatic heterocycles. The standard InChI is InChI=1S/C7H4F5N3O2/c8-5(9)3-1-2(13)4(7(10,11)12)6(14-3)15(16)17/h1,5H,(H2,13,14). The Balaban J connectivity index is 3.56. The van der Waals surface area contributed by atoms with Gasteiger partial charge in [0, 0.05) is 6.07 Å². The molecule has 0 bridgehead atoms. The fourth-order valence-corrected chi connectivity index (χ4v) is 1.11. The second-order valence-electron chi connectivity index (χ2n) is 2.89. The Bertz CT molecular complexity index is 460. The van der Waals surface area contributed by atoms with E-state index in [1.165, 1.54) is 0 Å². The topological polar surface area (TPSA) is 82.0 Å². The summed E-state index contributed by atoms with van der Waals surface area (Å²) in [6, 6.07) is 0.264. The lowest BCUT2D eigenvalue weighted by Crippen LogP contribution is -2.15. The smallest absolute Gasteiger partial charge is 0.398 e. The van der Waals surface area contributed by atoms with E-state index < -0.39 is 40.3 Å². The van der Waals surface area contributed by atoms with Crippen LogP contribution in [0.1, 0.15) is 17.7 Å². The third-order valence-corrected chi connectivity index (χ3v) is 1.73. The Morgan fingerprint density at radius 1 is 1.41 bits per heavy atom. The van der Waals surface area contributed by atoms with Crippen LogP contribution in [0.2, 0.25) is 0 Å². The van der Waals surface area contributed by atoms with Gasteiger partial charge in [-0.3, -0.25) is 0 Å².